The summed E-state index contributed by atoms with van der Waals surface area (Å²) in [6, 6.07) is 57.6. The SMILES string of the molecule is c1ccc2c(-c3c4ccccc4c(-c4ccncc4)c4ccccc34)ccc(-c3c4ccccc4c(-c4ccncc4)c4ccccc34)c2c1. The molecule has 0 saturated heterocycles. The Hall–Kier alpha value is -6.64. The third kappa shape index (κ3) is 4.29. The first kappa shape index (κ1) is 28.4. The Morgan fingerprint density at radius 3 is 0.740 bits per heavy atom. The number of hydrogen-bond donors (Lipinski definition) is 0. The van der Waals surface area contributed by atoms with E-state index in [9.17, 15) is 0 Å². The van der Waals surface area contributed by atoms with E-state index >= 15 is 0 Å². The predicted molar refractivity (Wildman–Crippen MR) is 211 cm³/mol. The van der Waals surface area contributed by atoms with E-state index in [1.165, 1.54) is 98.4 Å². The fourth-order valence-electron chi connectivity index (χ4n) is 8.23. The maximum atomic E-state index is 4.32. The lowest BCUT2D eigenvalue weighted by Gasteiger charge is -2.21. The van der Waals surface area contributed by atoms with Gasteiger partial charge in [0, 0.05) is 24.8 Å². The number of aromatic nitrogens is 2. The molecule has 2 nitrogen and oxygen atoms in total. The summed E-state index contributed by atoms with van der Waals surface area (Å²) >= 11 is 0. The molecule has 8 aromatic carbocycles. The van der Waals surface area contributed by atoms with Gasteiger partial charge in [0.15, 0.2) is 0 Å². The predicted octanol–water partition coefficient (Wildman–Crippen LogP) is 12.9. The number of nitrogens with zero attached hydrogens (tertiary/aromatic N) is 2. The number of hydrogen-bond acceptors (Lipinski definition) is 2. The Bertz CT molecular complexity index is 2600. The molecular weight excluding hydrogens is 605 g/mol. The Morgan fingerprint density at radius 1 is 0.220 bits per heavy atom. The van der Waals surface area contributed by atoms with E-state index in [0.717, 1.165) is 0 Å². The van der Waals surface area contributed by atoms with Crippen molar-refractivity contribution in [3.8, 4) is 44.5 Å². The van der Waals surface area contributed by atoms with Crippen molar-refractivity contribution in [3.05, 3.63) is 183 Å². The van der Waals surface area contributed by atoms with Crippen molar-refractivity contribution in [2.75, 3.05) is 0 Å². The standard InChI is InChI=1S/C48H30N2/c1-2-12-34-33(11-1)43(47-39-17-7-3-13-35(39)45(31-23-27-49-28-24-31)36-14-4-8-18-40(36)47)21-22-44(34)48-41-19-9-5-15-37(41)46(32-25-29-50-30-26-32)38-16-6-10-20-42(38)48/h1-30H. The van der Waals surface area contributed by atoms with E-state index in [1.54, 1.807) is 0 Å². The van der Waals surface area contributed by atoms with Gasteiger partial charge in [-0.3, -0.25) is 9.97 Å². The summed E-state index contributed by atoms with van der Waals surface area (Å²) in [4.78, 5) is 8.64. The molecule has 0 N–H and O–H groups in total. The fraction of sp³-hybridized carbons (Fsp3) is 0. The van der Waals surface area contributed by atoms with Crippen molar-refractivity contribution < 1.29 is 0 Å². The van der Waals surface area contributed by atoms with Crippen molar-refractivity contribution in [3.63, 3.8) is 0 Å². The first-order chi connectivity index (χ1) is 24.9. The second kappa shape index (κ2) is 11.5. The van der Waals surface area contributed by atoms with Gasteiger partial charge >= 0.3 is 0 Å². The molecule has 0 aliphatic heterocycles. The first-order valence-corrected chi connectivity index (χ1v) is 17.1. The molecule has 0 bridgehead atoms. The number of rotatable bonds is 4. The summed E-state index contributed by atoms with van der Waals surface area (Å²) in [5.41, 5.74) is 9.84. The molecule has 2 aromatic heterocycles. The maximum absolute atomic E-state index is 4.32. The lowest BCUT2D eigenvalue weighted by molar-refractivity contribution is 1.33. The Kier molecular flexibility index (Phi) is 6.53. The van der Waals surface area contributed by atoms with Crippen LogP contribution in [0.25, 0.3) is 98.4 Å². The highest BCUT2D eigenvalue weighted by Crippen LogP contribution is 2.49. The van der Waals surface area contributed by atoms with E-state index in [-0.39, 0.29) is 0 Å². The monoisotopic (exact) mass is 634 g/mol. The molecule has 0 spiro atoms. The third-order valence-electron chi connectivity index (χ3n) is 10.3. The molecule has 0 radical (unpaired) electrons. The van der Waals surface area contributed by atoms with E-state index in [0.29, 0.717) is 0 Å². The molecule has 10 rings (SSSR count). The second-order valence-electron chi connectivity index (χ2n) is 12.9. The van der Waals surface area contributed by atoms with Crippen molar-refractivity contribution in [1.82, 2.24) is 9.97 Å². The van der Waals surface area contributed by atoms with Gasteiger partial charge in [0.25, 0.3) is 0 Å². The zero-order valence-electron chi connectivity index (χ0n) is 27.2. The fourth-order valence-corrected chi connectivity index (χ4v) is 8.23. The molecule has 0 atom stereocenters. The number of benzene rings is 8. The molecule has 0 unspecified atom stereocenters. The minimum Gasteiger partial charge on any atom is -0.265 e. The van der Waals surface area contributed by atoms with Gasteiger partial charge in [-0.2, -0.15) is 0 Å². The summed E-state index contributed by atoms with van der Waals surface area (Å²) in [6.07, 6.45) is 7.54. The average Bonchev–Trinajstić information content (AvgIpc) is 3.19. The van der Waals surface area contributed by atoms with E-state index in [2.05, 4.69) is 168 Å². The topological polar surface area (TPSA) is 25.8 Å². The van der Waals surface area contributed by atoms with E-state index in [4.69, 9.17) is 0 Å². The maximum Gasteiger partial charge on any atom is 0.0273 e. The van der Waals surface area contributed by atoms with Gasteiger partial charge in [-0.1, -0.05) is 133 Å². The first-order valence-electron chi connectivity index (χ1n) is 17.1. The Morgan fingerprint density at radius 2 is 0.460 bits per heavy atom. The number of pyridine rings is 2. The molecule has 0 aliphatic rings. The zero-order chi connectivity index (χ0) is 33.0. The number of fused-ring (bicyclic) bond motifs is 5. The average molecular weight is 635 g/mol. The lowest BCUT2D eigenvalue weighted by Crippen LogP contribution is -1.94. The van der Waals surface area contributed by atoms with Crippen LogP contribution in [0.15, 0.2) is 183 Å². The van der Waals surface area contributed by atoms with Crippen LogP contribution in [-0.2, 0) is 0 Å². The van der Waals surface area contributed by atoms with Crippen LogP contribution in [-0.4, -0.2) is 9.97 Å². The molecule has 0 amide bonds. The van der Waals surface area contributed by atoms with Gasteiger partial charge < -0.3 is 0 Å². The Balaban J connectivity index is 1.31. The van der Waals surface area contributed by atoms with Gasteiger partial charge in [-0.05, 0) is 123 Å². The van der Waals surface area contributed by atoms with Crippen LogP contribution in [0.1, 0.15) is 0 Å². The lowest BCUT2D eigenvalue weighted by atomic mass is 9.82. The van der Waals surface area contributed by atoms with Crippen LogP contribution in [0.2, 0.25) is 0 Å². The van der Waals surface area contributed by atoms with Crippen LogP contribution < -0.4 is 0 Å². The van der Waals surface area contributed by atoms with Crippen LogP contribution in [0, 0.1) is 0 Å². The zero-order valence-corrected chi connectivity index (χ0v) is 27.2. The summed E-state index contributed by atoms with van der Waals surface area (Å²) in [5, 5.41) is 12.4. The minimum atomic E-state index is 1.17. The molecule has 2 heteroatoms. The summed E-state index contributed by atoms with van der Waals surface area (Å²) < 4.78 is 0. The highest BCUT2D eigenvalue weighted by Gasteiger charge is 2.21. The van der Waals surface area contributed by atoms with Crippen LogP contribution in [0.4, 0.5) is 0 Å². The second-order valence-corrected chi connectivity index (χ2v) is 12.9. The van der Waals surface area contributed by atoms with Crippen molar-refractivity contribution in [2.45, 2.75) is 0 Å². The van der Waals surface area contributed by atoms with Gasteiger partial charge in [-0.25, -0.2) is 0 Å². The molecule has 0 aliphatic carbocycles. The van der Waals surface area contributed by atoms with Gasteiger partial charge in [0.2, 0.25) is 0 Å². The summed E-state index contributed by atoms with van der Waals surface area (Å²) in [7, 11) is 0. The highest BCUT2D eigenvalue weighted by molar-refractivity contribution is 6.27. The molecule has 0 fully saturated rings. The van der Waals surface area contributed by atoms with Gasteiger partial charge in [-0.15, -0.1) is 0 Å². The van der Waals surface area contributed by atoms with Crippen molar-refractivity contribution in [2.24, 2.45) is 0 Å². The van der Waals surface area contributed by atoms with Gasteiger partial charge in [0.1, 0.15) is 0 Å². The minimum absolute atomic E-state index is 1.17. The molecule has 10 aromatic rings. The largest absolute Gasteiger partial charge is 0.265 e. The molecule has 2 heterocycles. The third-order valence-corrected chi connectivity index (χ3v) is 10.3. The quantitative estimate of drug-likeness (QED) is 0.180. The molecule has 50 heavy (non-hydrogen) atoms. The van der Waals surface area contributed by atoms with Crippen LogP contribution in [0.5, 0.6) is 0 Å². The molecule has 232 valence electrons. The van der Waals surface area contributed by atoms with Crippen LogP contribution >= 0.6 is 0 Å². The van der Waals surface area contributed by atoms with E-state index < -0.39 is 0 Å². The van der Waals surface area contributed by atoms with Crippen LogP contribution in [0.3, 0.4) is 0 Å². The smallest absolute Gasteiger partial charge is 0.0273 e. The van der Waals surface area contributed by atoms with Crippen molar-refractivity contribution in [1.29, 1.82) is 0 Å². The molecule has 0 saturated carbocycles. The normalized spacial score (nSPS) is 11.6. The molecular formula is C48H30N2. The Labute approximate surface area is 290 Å². The van der Waals surface area contributed by atoms with E-state index in [1.807, 2.05) is 24.8 Å². The van der Waals surface area contributed by atoms with Crippen molar-refractivity contribution >= 4 is 53.9 Å². The highest BCUT2D eigenvalue weighted by atomic mass is 14.6. The summed E-state index contributed by atoms with van der Waals surface area (Å²) in [5.74, 6) is 0. The van der Waals surface area contributed by atoms with Gasteiger partial charge in [0.05, 0.1) is 0 Å². The summed E-state index contributed by atoms with van der Waals surface area (Å²) in [6.45, 7) is 0.